The lowest BCUT2D eigenvalue weighted by Gasteiger charge is -2.31. The van der Waals surface area contributed by atoms with E-state index in [0.29, 0.717) is 30.9 Å². The Bertz CT molecular complexity index is 511. The quantitative estimate of drug-likeness (QED) is 0.848. The fourth-order valence-electron chi connectivity index (χ4n) is 2.55. The van der Waals surface area contributed by atoms with Gasteiger partial charge in [-0.05, 0) is 24.6 Å². The molecule has 1 aromatic carbocycles. The van der Waals surface area contributed by atoms with Crippen molar-refractivity contribution in [3.63, 3.8) is 0 Å². The number of carbonyl (C=O) groups is 2. The highest BCUT2D eigenvalue weighted by Crippen LogP contribution is 2.20. The Kier molecular flexibility index (Phi) is 4.42. The van der Waals surface area contributed by atoms with Crippen LogP contribution in [0.4, 0.5) is 5.69 Å². The summed E-state index contributed by atoms with van der Waals surface area (Å²) in [5.41, 5.74) is 1.70. The molecule has 0 saturated carbocycles. The summed E-state index contributed by atoms with van der Waals surface area (Å²) in [5.74, 6) is 0.322. The van der Waals surface area contributed by atoms with Crippen LogP contribution in [0.15, 0.2) is 24.3 Å². The van der Waals surface area contributed by atoms with E-state index in [0.717, 1.165) is 12.1 Å². The van der Waals surface area contributed by atoms with Crippen LogP contribution in [0.3, 0.4) is 0 Å². The molecule has 1 heterocycles. The SMILES string of the molecule is CCC1CN(C(=O)c2cccc(N(C)C)c2)CCC1=O. The van der Waals surface area contributed by atoms with Crippen molar-refractivity contribution >= 4 is 17.4 Å². The van der Waals surface area contributed by atoms with Gasteiger partial charge in [0, 0.05) is 50.8 Å². The van der Waals surface area contributed by atoms with Crippen molar-refractivity contribution < 1.29 is 9.59 Å². The Hall–Kier alpha value is -1.84. The van der Waals surface area contributed by atoms with Crippen LogP contribution in [0.2, 0.25) is 0 Å². The predicted molar refractivity (Wildman–Crippen MR) is 80.1 cm³/mol. The number of ketones is 1. The molecular weight excluding hydrogens is 252 g/mol. The largest absolute Gasteiger partial charge is 0.378 e. The van der Waals surface area contributed by atoms with E-state index in [1.54, 1.807) is 0 Å². The number of likely N-dealkylation sites (tertiary alicyclic amines) is 1. The third-order valence-electron chi connectivity index (χ3n) is 3.91. The number of amides is 1. The zero-order valence-electron chi connectivity index (χ0n) is 12.4. The van der Waals surface area contributed by atoms with Crippen molar-refractivity contribution in [2.75, 3.05) is 32.1 Å². The standard InChI is InChI=1S/C16H22N2O2/c1-4-12-11-18(9-8-15(12)19)16(20)13-6-5-7-14(10-13)17(2)3/h5-7,10,12H,4,8-9,11H2,1-3H3. The molecular formula is C16H22N2O2. The van der Waals surface area contributed by atoms with Gasteiger partial charge in [0.1, 0.15) is 5.78 Å². The van der Waals surface area contributed by atoms with Crippen molar-refractivity contribution in [2.45, 2.75) is 19.8 Å². The zero-order valence-corrected chi connectivity index (χ0v) is 12.4. The van der Waals surface area contributed by atoms with Gasteiger partial charge in [-0.3, -0.25) is 9.59 Å². The van der Waals surface area contributed by atoms with Crippen LogP contribution in [0, 0.1) is 5.92 Å². The summed E-state index contributed by atoms with van der Waals surface area (Å²) in [6.45, 7) is 3.10. The summed E-state index contributed by atoms with van der Waals surface area (Å²) in [6.07, 6.45) is 1.29. The van der Waals surface area contributed by atoms with E-state index in [4.69, 9.17) is 0 Å². The topological polar surface area (TPSA) is 40.6 Å². The van der Waals surface area contributed by atoms with Gasteiger partial charge in [-0.1, -0.05) is 13.0 Å². The van der Waals surface area contributed by atoms with Crippen molar-refractivity contribution in [3.05, 3.63) is 29.8 Å². The average Bonchev–Trinajstić information content (AvgIpc) is 2.47. The van der Waals surface area contributed by atoms with E-state index in [-0.39, 0.29) is 11.8 Å². The molecule has 0 aromatic heterocycles. The molecule has 0 spiro atoms. The van der Waals surface area contributed by atoms with Crippen LogP contribution >= 0.6 is 0 Å². The van der Waals surface area contributed by atoms with Gasteiger partial charge in [0.2, 0.25) is 0 Å². The number of Topliss-reactive ketones (excluding diaryl/α,β-unsaturated/α-hetero) is 1. The van der Waals surface area contributed by atoms with Crippen molar-refractivity contribution in [1.82, 2.24) is 4.90 Å². The molecule has 0 N–H and O–H groups in total. The zero-order chi connectivity index (χ0) is 14.7. The molecule has 20 heavy (non-hydrogen) atoms. The van der Waals surface area contributed by atoms with Gasteiger partial charge in [0.05, 0.1) is 0 Å². The highest BCUT2D eigenvalue weighted by atomic mass is 16.2. The van der Waals surface area contributed by atoms with Gasteiger partial charge in [0.25, 0.3) is 5.91 Å². The van der Waals surface area contributed by atoms with Crippen LogP contribution in [-0.4, -0.2) is 43.8 Å². The van der Waals surface area contributed by atoms with Gasteiger partial charge in [-0.15, -0.1) is 0 Å². The Morgan fingerprint density at radius 3 is 2.80 bits per heavy atom. The number of anilines is 1. The molecule has 1 aliphatic heterocycles. The lowest BCUT2D eigenvalue weighted by atomic mass is 9.93. The molecule has 1 aromatic rings. The molecule has 4 nitrogen and oxygen atoms in total. The van der Waals surface area contributed by atoms with Crippen LogP contribution in [-0.2, 0) is 4.79 Å². The third kappa shape index (κ3) is 3.00. The van der Waals surface area contributed by atoms with E-state index in [2.05, 4.69) is 0 Å². The number of rotatable bonds is 3. The monoisotopic (exact) mass is 274 g/mol. The van der Waals surface area contributed by atoms with Crippen molar-refractivity contribution in [3.8, 4) is 0 Å². The maximum absolute atomic E-state index is 12.5. The number of nitrogens with zero attached hydrogens (tertiary/aromatic N) is 2. The second kappa shape index (κ2) is 6.07. The second-order valence-electron chi connectivity index (χ2n) is 5.52. The van der Waals surface area contributed by atoms with Crippen LogP contribution < -0.4 is 4.90 Å². The smallest absolute Gasteiger partial charge is 0.253 e. The molecule has 0 aliphatic carbocycles. The Balaban J connectivity index is 2.15. The van der Waals surface area contributed by atoms with Gasteiger partial charge < -0.3 is 9.80 Å². The summed E-state index contributed by atoms with van der Waals surface area (Å²) in [4.78, 5) is 28.1. The molecule has 1 atom stereocenters. The maximum Gasteiger partial charge on any atom is 0.253 e. The van der Waals surface area contributed by atoms with Gasteiger partial charge in [-0.25, -0.2) is 0 Å². The van der Waals surface area contributed by atoms with Crippen molar-refractivity contribution in [2.24, 2.45) is 5.92 Å². The maximum atomic E-state index is 12.5. The number of piperidine rings is 1. The van der Waals surface area contributed by atoms with E-state index in [1.165, 1.54) is 0 Å². The van der Waals surface area contributed by atoms with Crippen LogP contribution in [0.5, 0.6) is 0 Å². The van der Waals surface area contributed by atoms with Crippen LogP contribution in [0.25, 0.3) is 0 Å². The van der Waals surface area contributed by atoms with E-state index in [1.807, 2.05) is 55.1 Å². The van der Waals surface area contributed by atoms with Crippen molar-refractivity contribution in [1.29, 1.82) is 0 Å². The first-order chi connectivity index (χ1) is 9.52. The minimum Gasteiger partial charge on any atom is -0.378 e. The molecule has 0 radical (unpaired) electrons. The highest BCUT2D eigenvalue weighted by molar-refractivity contribution is 5.96. The summed E-state index contributed by atoms with van der Waals surface area (Å²) in [5, 5.41) is 0. The molecule has 2 rings (SSSR count). The minimum atomic E-state index is 0.00438. The molecule has 4 heteroatoms. The molecule has 0 bridgehead atoms. The molecule has 1 unspecified atom stereocenters. The Labute approximate surface area is 120 Å². The van der Waals surface area contributed by atoms with E-state index in [9.17, 15) is 9.59 Å². The van der Waals surface area contributed by atoms with Gasteiger partial charge in [0.15, 0.2) is 0 Å². The first-order valence-corrected chi connectivity index (χ1v) is 7.12. The number of benzene rings is 1. The van der Waals surface area contributed by atoms with E-state index >= 15 is 0 Å². The molecule has 1 fully saturated rings. The summed E-state index contributed by atoms with van der Waals surface area (Å²) < 4.78 is 0. The fraction of sp³-hybridized carbons (Fsp3) is 0.500. The molecule has 1 amide bonds. The first-order valence-electron chi connectivity index (χ1n) is 7.12. The lowest BCUT2D eigenvalue weighted by Crippen LogP contribution is -2.43. The Morgan fingerprint density at radius 1 is 1.40 bits per heavy atom. The number of hydrogen-bond acceptors (Lipinski definition) is 3. The Morgan fingerprint density at radius 2 is 2.15 bits per heavy atom. The molecule has 108 valence electrons. The number of hydrogen-bond donors (Lipinski definition) is 0. The third-order valence-corrected chi connectivity index (χ3v) is 3.91. The summed E-state index contributed by atoms with van der Waals surface area (Å²) >= 11 is 0. The molecule has 1 aliphatic rings. The fourth-order valence-corrected chi connectivity index (χ4v) is 2.55. The van der Waals surface area contributed by atoms with E-state index < -0.39 is 0 Å². The van der Waals surface area contributed by atoms with Gasteiger partial charge >= 0.3 is 0 Å². The average molecular weight is 274 g/mol. The molecule has 1 saturated heterocycles. The summed E-state index contributed by atoms with van der Waals surface area (Å²) in [6, 6.07) is 7.62. The van der Waals surface area contributed by atoms with Crippen LogP contribution in [0.1, 0.15) is 30.1 Å². The second-order valence-corrected chi connectivity index (χ2v) is 5.52. The lowest BCUT2D eigenvalue weighted by molar-refractivity contribution is -0.125. The minimum absolute atomic E-state index is 0.00438. The van der Waals surface area contributed by atoms with Gasteiger partial charge in [-0.2, -0.15) is 0 Å². The number of carbonyl (C=O) groups excluding carboxylic acids is 2. The first kappa shape index (κ1) is 14.6. The normalized spacial score (nSPS) is 19.1. The summed E-state index contributed by atoms with van der Waals surface area (Å²) in [7, 11) is 3.91. The highest BCUT2D eigenvalue weighted by Gasteiger charge is 2.29. The predicted octanol–water partition coefficient (Wildman–Crippen LogP) is 2.19.